The molecule has 1 unspecified atom stereocenters. The molecule has 0 aliphatic heterocycles. The van der Waals surface area contributed by atoms with Crippen LogP contribution in [0.15, 0.2) is 36.4 Å². The van der Waals surface area contributed by atoms with E-state index in [0.29, 0.717) is 0 Å². The molecule has 1 aliphatic rings. The Bertz CT molecular complexity index is 381. The van der Waals surface area contributed by atoms with Gasteiger partial charge >= 0.3 is 0 Å². The number of benzene rings is 1. The molecule has 2 heteroatoms. The van der Waals surface area contributed by atoms with Gasteiger partial charge in [-0.2, -0.15) is 0 Å². The van der Waals surface area contributed by atoms with Crippen LogP contribution in [0, 0.1) is 5.92 Å². The van der Waals surface area contributed by atoms with Crippen LogP contribution in [0.1, 0.15) is 24.8 Å². The van der Waals surface area contributed by atoms with Crippen LogP contribution >= 0.6 is 11.6 Å². The zero-order valence-corrected chi connectivity index (χ0v) is 9.20. The summed E-state index contributed by atoms with van der Waals surface area (Å²) in [5.41, 5.74) is 2.22. The highest BCUT2D eigenvalue weighted by Crippen LogP contribution is 2.33. The van der Waals surface area contributed by atoms with Gasteiger partial charge in [-0.1, -0.05) is 36.4 Å². The third kappa shape index (κ3) is 2.29. The van der Waals surface area contributed by atoms with E-state index in [1.807, 2.05) is 30.3 Å². The van der Waals surface area contributed by atoms with Crippen molar-refractivity contribution in [3.63, 3.8) is 0 Å². The van der Waals surface area contributed by atoms with Crippen LogP contribution in [0.2, 0.25) is 0 Å². The van der Waals surface area contributed by atoms with Crippen molar-refractivity contribution in [3.8, 4) is 0 Å². The lowest BCUT2D eigenvalue weighted by atomic mass is 9.84. The topological polar surface area (TPSA) is 17.1 Å². The van der Waals surface area contributed by atoms with E-state index < -0.39 is 0 Å². The van der Waals surface area contributed by atoms with Crippen molar-refractivity contribution < 1.29 is 4.79 Å². The molecule has 0 spiro atoms. The molecule has 1 aromatic carbocycles. The van der Waals surface area contributed by atoms with Gasteiger partial charge in [0.05, 0.1) is 5.92 Å². The van der Waals surface area contributed by atoms with Gasteiger partial charge < -0.3 is 0 Å². The maximum Gasteiger partial charge on any atom is 0.229 e. The molecule has 0 heterocycles. The zero-order valence-electron chi connectivity index (χ0n) is 8.45. The Morgan fingerprint density at radius 1 is 1.27 bits per heavy atom. The SMILES string of the molecule is O=C(Cl)C1CCCC=C1c1ccccc1. The summed E-state index contributed by atoms with van der Waals surface area (Å²) in [4.78, 5) is 11.3. The fourth-order valence-electron chi connectivity index (χ4n) is 2.06. The second-order valence-electron chi connectivity index (χ2n) is 3.81. The zero-order chi connectivity index (χ0) is 10.7. The van der Waals surface area contributed by atoms with Crippen molar-refractivity contribution in [2.24, 2.45) is 5.92 Å². The third-order valence-electron chi connectivity index (χ3n) is 2.82. The lowest BCUT2D eigenvalue weighted by molar-refractivity contribution is -0.113. The van der Waals surface area contributed by atoms with E-state index in [9.17, 15) is 4.79 Å². The second kappa shape index (κ2) is 4.63. The van der Waals surface area contributed by atoms with Crippen LogP contribution < -0.4 is 0 Å². The van der Waals surface area contributed by atoms with Crippen molar-refractivity contribution in [2.75, 3.05) is 0 Å². The Morgan fingerprint density at radius 3 is 2.67 bits per heavy atom. The van der Waals surface area contributed by atoms with Crippen LogP contribution in [0.5, 0.6) is 0 Å². The maximum atomic E-state index is 11.3. The smallest absolute Gasteiger partial charge is 0.229 e. The number of allylic oxidation sites excluding steroid dienone is 2. The molecule has 1 atom stereocenters. The van der Waals surface area contributed by atoms with Crippen LogP contribution in [0.25, 0.3) is 5.57 Å². The van der Waals surface area contributed by atoms with Crippen molar-refractivity contribution in [3.05, 3.63) is 42.0 Å². The number of hydrogen-bond donors (Lipinski definition) is 0. The molecule has 0 saturated carbocycles. The van der Waals surface area contributed by atoms with E-state index in [4.69, 9.17) is 11.6 Å². The first-order valence-electron chi connectivity index (χ1n) is 5.24. The molecule has 1 aromatic rings. The van der Waals surface area contributed by atoms with Gasteiger partial charge in [0, 0.05) is 0 Å². The minimum Gasteiger partial charge on any atom is -0.281 e. The summed E-state index contributed by atoms with van der Waals surface area (Å²) in [6.07, 6.45) is 5.12. The Kier molecular flexibility index (Phi) is 3.22. The summed E-state index contributed by atoms with van der Waals surface area (Å²) in [7, 11) is 0. The van der Waals surface area contributed by atoms with Gasteiger partial charge in [-0.3, -0.25) is 4.79 Å². The molecule has 78 valence electrons. The Morgan fingerprint density at radius 2 is 2.00 bits per heavy atom. The van der Waals surface area contributed by atoms with Crippen LogP contribution in [-0.2, 0) is 4.79 Å². The molecule has 15 heavy (non-hydrogen) atoms. The quantitative estimate of drug-likeness (QED) is 0.696. The van der Waals surface area contributed by atoms with E-state index in [1.165, 1.54) is 0 Å². The third-order valence-corrected chi connectivity index (χ3v) is 3.08. The lowest BCUT2D eigenvalue weighted by Gasteiger charge is -2.21. The highest BCUT2D eigenvalue weighted by Gasteiger charge is 2.24. The fourth-order valence-corrected chi connectivity index (χ4v) is 2.29. The van der Waals surface area contributed by atoms with Crippen LogP contribution in [-0.4, -0.2) is 5.24 Å². The van der Waals surface area contributed by atoms with E-state index >= 15 is 0 Å². The molecule has 0 fully saturated rings. The van der Waals surface area contributed by atoms with Crippen molar-refractivity contribution >= 4 is 22.4 Å². The monoisotopic (exact) mass is 220 g/mol. The molecule has 0 saturated heterocycles. The standard InChI is InChI=1S/C13H13ClO/c14-13(15)12-9-5-4-8-11(12)10-6-2-1-3-7-10/h1-3,6-8,12H,4-5,9H2. The number of carbonyl (C=O) groups is 1. The molecular formula is C13H13ClO. The van der Waals surface area contributed by atoms with Gasteiger partial charge in [0.2, 0.25) is 5.24 Å². The van der Waals surface area contributed by atoms with Crippen LogP contribution in [0.4, 0.5) is 0 Å². The molecule has 0 aromatic heterocycles. The molecule has 1 nitrogen and oxygen atoms in total. The van der Waals surface area contributed by atoms with Gasteiger partial charge in [-0.15, -0.1) is 0 Å². The number of carbonyl (C=O) groups excluding carboxylic acids is 1. The molecule has 1 aliphatic carbocycles. The minimum atomic E-state index is -0.232. The minimum absolute atomic E-state index is 0.109. The highest BCUT2D eigenvalue weighted by molar-refractivity contribution is 6.64. The van der Waals surface area contributed by atoms with Gasteiger partial charge in [0.25, 0.3) is 0 Å². The maximum absolute atomic E-state index is 11.3. The first-order valence-corrected chi connectivity index (χ1v) is 5.61. The largest absolute Gasteiger partial charge is 0.281 e. The second-order valence-corrected chi connectivity index (χ2v) is 4.19. The normalized spacial score (nSPS) is 20.9. The predicted octanol–water partition coefficient (Wildman–Crippen LogP) is 3.64. The Balaban J connectivity index is 2.34. The van der Waals surface area contributed by atoms with Gasteiger partial charge in [0.1, 0.15) is 0 Å². The lowest BCUT2D eigenvalue weighted by Crippen LogP contribution is -2.14. The first-order chi connectivity index (χ1) is 7.29. The van der Waals surface area contributed by atoms with Gasteiger partial charge in [-0.05, 0) is 42.0 Å². The van der Waals surface area contributed by atoms with E-state index in [1.54, 1.807) is 0 Å². The Hall–Kier alpha value is -1.08. The summed E-state index contributed by atoms with van der Waals surface area (Å²) in [5.74, 6) is -0.109. The predicted molar refractivity (Wildman–Crippen MR) is 62.6 cm³/mol. The number of hydrogen-bond acceptors (Lipinski definition) is 1. The van der Waals surface area contributed by atoms with E-state index in [2.05, 4.69) is 6.08 Å². The summed E-state index contributed by atoms with van der Waals surface area (Å²) < 4.78 is 0. The van der Waals surface area contributed by atoms with E-state index in [0.717, 1.165) is 30.4 Å². The van der Waals surface area contributed by atoms with Crippen molar-refractivity contribution in [1.29, 1.82) is 0 Å². The number of rotatable bonds is 2. The van der Waals surface area contributed by atoms with Crippen molar-refractivity contribution in [1.82, 2.24) is 0 Å². The molecule has 0 bridgehead atoms. The molecule has 0 N–H and O–H groups in total. The Labute approximate surface area is 94.8 Å². The van der Waals surface area contributed by atoms with Gasteiger partial charge in [-0.25, -0.2) is 0 Å². The average Bonchev–Trinajstić information content (AvgIpc) is 2.30. The summed E-state index contributed by atoms with van der Waals surface area (Å²) in [6.45, 7) is 0. The fraction of sp³-hybridized carbons (Fsp3) is 0.308. The van der Waals surface area contributed by atoms with E-state index in [-0.39, 0.29) is 11.2 Å². The first kappa shape index (κ1) is 10.4. The highest BCUT2D eigenvalue weighted by atomic mass is 35.5. The molecule has 2 rings (SSSR count). The summed E-state index contributed by atoms with van der Waals surface area (Å²) in [5, 5.41) is -0.232. The molecule has 0 radical (unpaired) electrons. The van der Waals surface area contributed by atoms with Gasteiger partial charge in [0.15, 0.2) is 0 Å². The average molecular weight is 221 g/mol. The summed E-state index contributed by atoms with van der Waals surface area (Å²) in [6, 6.07) is 10.0. The molecular weight excluding hydrogens is 208 g/mol. The molecule has 0 amide bonds. The summed E-state index contributed by atoms with van der Waals surface area (Å²) >= 11 is 5.62. The number of halogens is 1. The van der Waals surface area contributed by atoms with Crippen LogP contribution in [0.3, 0.4) is 0 Å². The van der Waals surface area contributed by atoms with Crippen molar-refractivity contribution in [2.45, 2.75) is 19.3 Å².